The fraction of sp³-hybridized carbons (Fsp3) is 0.0833. The predicted octanol–water partition coefficient (Wildman–Crippen LogP) is 2.24. The summed E-state index contributed by atoms with van der Waals surface area (Å²) >= 11 is 0. The second-order valence-electron chi connectivity index (χ2n) is 3.59. The van der Waals surface area contributed by atoms with E-state index in [1.807, 2.05) is 0 Å². The molecule has 0 heterocycles. The van der Waals surface area contributed by atoms with Crippen molar-refractivity contribution in [1.29, 1.82) is 0 Å². The first-order chi connectivity index (χ1) is 8.56. The van der Waals surface area contributed by atoms with Crippen LogP contribution in [0, 0.1) is 10.1 Å². The summed E-state index contributed by atoms with van der Waals surface area (Å²) in [4.78, 5) is 21.7. The molecule has 18 heavy (non-hydrogen) atoms. The lowest BCUT2D eigenvalue weighted by Gasteiger charge is -2.07. The van der Waals surface area contributed by atoms with Crippen LogP contribution < -0.4 is 0 Å². The van der Waals surface area contributed by atoms with Gasteiger partial charge in [-0.25, -0.2) is 4.79 Å². The Morgan fingerprint density at radius 1 is 1.39 bits per heavy atom. The van der Waals surface area contributed by atoms with Crippen molar-refractivity contribution in [3.63, 3.8) is 0 Å². The number of esters is 1. The topological polar surface area (TPSA) is 89.7 Å². The Bertz CT molecular complexity index is 650. The molecule has 0 spiro atoms. The van der Waals surface area contributed by atoms with Crippen LogP contribution in [0.3, 0.4) is 0 Å². The van der Waals surface area contributed by atoms with Crippen molar-refractivity contribution in [2.24, 2.45) is 0 Å². The van der Waals surface area contributed by atoms with Crippen LogP contribution in [-0.4, -0.2) is 23.1 Å². The Kier molecular flexibility index (Phi) is 2.85. The number of rotatable bonds is 2. The minimum atomic E-state index is -0.813. The molecule has 6 nitrogen and oxygen atoms in total. The van der Waals surface area contributed by atoms with Crippen LogP contribution in [0.4, 0.5) is 5.69 Å². The van der Waals surface area contributed by atoms with Crippen LogP contribution >= 0.6 is 0 Å². The van der Waals surface area contributed by atoms with Gasteiger partial charge in [-0.3, -0.25) is 10.1 Å². The lowest BCUT2D eigenvalue weighted by Crippen LogP contribution is -2.04. The van der Waals surface area contributed by atoms with E-state index in [1.165, 1.54) is 6.07 Å². The molecule has 2 rings (SSSR count). The number of hydrogen-bond donors (Lipinski definition) is 1. The standard InChI is InChI=1S/C12H9NO5/c1-18-12(15)10-8-5-3-2-4-7(8)6-9(11(10)14)13(16)17/h2-6,14H,1H3. The van der Waals surface area contributed by atoms with Crippen LogP contribution in [0.1, 0.15) is 10.4 Å². The highest BCUT2D eigenvalue weighted by molar-refractivity contribution is 6.08. The van der Waals surface area contributed by atoms with Gasteiger partial charge in [0.2, 0.25) is 5.75 Å². The molecule has 2 aromatic rings. The van der Waals surface area contributed by atoms with Crippen molar-refractivity contribution < 1.29 is 19.6 Å². The number of carbonyl (C=O) groups excluding carboxylic acids is 1. The number of phenolic OH excluding ortho intramolecular Hbond substituents is 1. The monoisotopic (exact) mass is 247 g/mol. The molecule has 2 aromatic carbocycles. The largest absolute Gasteiger partial charge is 0.501 e. The summed E-state index contributed by atoms with van der Waals surface area (Å²) in [5.41, 5.74) is -0.712. The fourth-order valence-electron chi connectivity index (χ4n) is 1.77. The van der Waals surface area contributed by atoms with Gasteiger partial charge in [-0.2, -0.15) is 0 Å². The maximum atomic E-state index is 11.6. The van der Waals surface area contributed by atoms with E-state index in [-0.39, 0.29) is 5.56 Å². The number of carbonyl (C=O) groups is 1. The van der Waals surface area contributed by atoms with E-state index in [4.69, 9.17) is 0 Å². The van der Waals surface area contributed by atoms with Gasteiger partial charge in [0.05, 0.1) is 12.0 Å². The predicted molar refractivity (Wildman–Crippen MR) is 63.6 cm³/mol. The number of hydrogen-bond acceptors (Lipinski definition) is 5. The minimum absolute atomic E-state index is 0.192. The molecule has 0 fully saturated rings. The Labute approximate surface area is 102 Å². The summed E-state index contributed by atoms with van der Waals surface area (Å²) in [7, 11) is 1.15. The highest BCUT2D eigenvalue weighted by atomic mass is 16.6. The molecule has 0 unspecified atom stereocenters. The Hall–Kier alpha value is -2.63. The highest BCUT2D eigenvalue weighted by Gasteiger charge is 2.25. The Morgan fingerprint density at radius 3 is 2.67 bits per heavy atom. The quantitative estimate of drug-likeness (QED) is 0.499. The number of phenols is 1. The smallest absolute Gasteiger partial charge is 0.342 e. The first kappa shape index (κ1) is 11.8. The molecule has 0 saturated carbocycles. The van der Waals surface area contributed by atoms with Gasteiger partial charge in [0, 0.05) is 11.5 Å². The zero-order chi connectivity index (χ0) is 13.3. The van der Waals surface area contributed by atoms with E-state index in [2.05, 4.69) is 4.74 Å². The number of benzene rings is 2. The van der Waals surface area contributed by atoms with Gasteiger partial charge in [0.15, 0.2) is 0 Å². The van der Waals surface area contributed by atoms with Crippen molar-refractivity contribution in [1.82, 2.24) is 0 Å². The third-order valence-electron chi connectivity index (χ3n) is 2.59. The van der Waals surface area contributed by atoms with Gasteiger partial charge in [-0.1, -0.05) is 24.3 Å². The molecule has 1 N–H and O–H groups in total. The van der Waals surface area contributed by atoms with E-state index in [0.29, 0.717) is 10.8 Å². The number of aromatic hydroxyl groups is 1. The number of fused-ring (bicyclic) bond motifs is 1. The molecule has 0 bridgehead atoms. The van der Waals surface area contributed by atoms with Crippen LogP contribution in [0.5, 0.6) is 5.75 Å². The zero-order valence-corrected chi connectivity index (χ0v) is 9.41. The molecule has 0 aromatic heterocycles. The maximum absolute atomic E-state index is 11.6. The zero-order valence-electron chi connectivity index (χ0n) is 9.41. The minimum Gasteiger partial charge on any atom is -0.501 e. The van der Waals surface area contributed by atoms with Gasteiger partial charge in [-0.15, -0.1) is 0 Å². The summed E-state index contributed by atoms with van der Waals surface area (Å²) in [6.07, 6.45) is 0. The molecule has 6 heteroatoms. The van der Waals surface area contributed by atoms with Gasteiger partial charge in [0.1, 0.15) is 5.56 Å². The fourth-order valence-corrected chi connectivity index (χ4v) is 1.77. The third-order valence-corrected chi connectivity index (χ3v) is 2.59. The van der Waals surface area contributed by atoms with Crippen molar-refractivity contribution in [2.45, 2.75) is 0 Å². The Balaban J connectivity index is 2.90. The van der Waals surface area contributed by atoms with E-state index in [0.717, 1.165) is 7.11 Å². The first-order valence-electron chi connectivity index (χ1n) is 5.03. The Morgan fingerprint density at radius 2 is 2.06 bits per heavy atom. The number of methoxy groups -OCH3 is 1. The lowest BCUT2D eigenvalue weighted by atomic mass is 10.0. The van der Waals surface area contributed by atoms with Gasteiger partial charge >= 0.3 is 11.7 Å². The third kappa shape index (κ3) is 1.73. The summed E-state index contributed by atoms with van der Waals surface area (Å²) in [5.74, 6) is -1.49. The molecular weight excluding hydrogens is 238 g/mol. The number of nitro benzene ring substituents is 1. The molecular formula is C12H9NO5. The van der Waals surface area contributed by atoms with Crippen molar-refractivity contribution >= 4 is 22.4 Å². The maximum Gasteiger partial charge on any atom is 0.342 e. The van der Waals surface area contributed by atoms with E-state index >= 15 is 0 Å². The van der Waals surface area contributed by atoms with Crippen LogP contribution in [-0.2, 0) is 4.74 Å². The molecule has 92 valence electrons. The molecule has 0 amide bonds. The number of nitrogens with zero attached hydrogens (tertiary/aromatic N) is 1. The highest BCUT2D eigenvalue weighted by Crippen LogP contribution is 2.36. The van der Waals surface area contributed by atoms with Gasteiger partial charge < -0.3 is 9.84 Å². The summed E-state index contributed by atoms with van der Waals surface area (Å²) in [6, 6.07) is 7.78. The summed E-state index contributed by atoms with van der Waals surface area (Å²) < 4.78 is 4.54. The summed E-state index contributed by atoms with van der Waals surface area (Å²) in [5, 5.41) is 21.5. The summed E-state index contributed by atoms with van der Waals surface area (Å²) in [6.45, 7) is 0. The van der Waals surface area contributed by atoms with Crippen molar-refractivity contribution in [3.05, 3.63) is 46.0 Å². The van der Waals surface area contributed by atoms with Crippen LogP contribution in [0.15, 0.2) is 30.3 Å². The number of ether oxygens (including phenoxy) is 1. The molecule has 0 aliphatic rings. The van der Waals surface area contributed by atoms with Gasteiger partial charge in [-0.05, 0) is 5.39 Å². The van der Waals surface area contributed by atoms with Gasteiger partial charge in [0.25, 0.3) is 0 Å². The molecule has 0 atom stereocenters. The van der Waals surface area contributed by atoms with Crippen LogP contribution in [0.25, 0.3) is 10.8 Å². The van der Waals surface area contributed by atoms with E-state index < -0.39 is 22.3 Å². The first-order valence-corrected chi connectivity index (χ1v) is 5.03. The molecule has 0 aliphatic carbocycles. The molecule has 0 saturated heterocycles. The molecule has 0 aliphatic heterocycles. The molecule has 0 radical (unpaired) electrons. The normalized spacial score (nSPS) is 10.3. The lowest BCUT2D eigenvalue weighted by molar-refractivity contribution is -0.385. The van der Waals surface area contributed by atoms with E-state index in [9.17, 15) is 20.0 Å². The van der Waals surface area contributed by atoms with Crippen molar-refractivity contribution in [3.8, 4) is 5.75 Å². The number of nitro groups is 1. The second-order valence-corrected chi connectivity index (χ2v) is 3.59. The SMILES string of the molecule is COC(=O)c1c(O)c([N+](=O)[O-])cc2ccccc12. The second kappa shape index (κ2) is 4.33. The van der Waals surface area contributed by atoms with E-state index in [1.54, 1.807) is 24.3 Å². The van der Waals surface area contributed by atoms with Crippen molar-refractivity contribution in [2.75, 3.05) is 7.11 Å². The average Bonchev–Trinajstić information content (AvgIpc) is 2.37. The van der Waals surface area contributed by atoms with Crippen LogP contribution in [0.2, 0.25) is 0 Å². The average molecular weight is 247 g/mol.